The smallest absolute Gasteiger partial charge is 0.271 e. The third-order valence-corrected chi connectivity index (χ3v) is 2.90. The van der Waals surface area contributed by atoms with Crippen molar-refractivity contribution in [1.82, 2.24) is 0 Å². The van der Waals surface area contributed by atoms with Gasteiger partial charge in [-0.15, -0.1) is 0 Å². The van der Waals surface area contributed by atoms with E-state index in [1.807, 2.05) is 0 Å². The Hall–Kier alpha value is -3.29. The Morgan fingerprint density at radius 1 is 1.17 bits per heavy atom. The van der Waals surface area contributed by atoms with Crippen molar-refractivity contribution in [3.8, 4) is 0 Å². The molecule has 0 radical (unpaired) electrons. The summed E-state index contributed by atoms with van der Waals surface area (Å²) in [4.78, 5) is 22.0. The van der Waals surface area contributed by atoms with Crippen LogP contribution in [0, 0.1) is 10.1 Å². The number of nitro benzene ring substituents is 1. The number of ketones is 1. The molecule has 1 aromatic rings. The van der Waals surface area contributed by atoms with Gasteiger partial charge in [-0.2, -0.15) is 10.2 Å². The van der Waals surface area contributed by atoms with Gasteiger partial charge in [0, 0.05) is 17.7 Å². The second-order valence-corrected chi connectivity index (χ2v) is 4.38. The molecule has 1 aromatic carbocycles. The molecule has 0 atom stereocenters. The predicted molar refractivity (Wildman–Crippen MR) is 80.9 cm³/mol. The van der Waals surface area contributed by atoms with Crippen molar-refractivity contribution in [1.29, 1.82) is 0 Å². The maximum absolute atomic E-state index is 11.8. The van der Waals surface area contributed by atoms with Crippen molar-refractivity contribution in [3.05, 3.63) is 69.8 Å². The molecule has 0 fully saturated rings. The Bertz CT molecular complexity index is 736. The molecular weight excluding hydrogens is 302 g/mol. The second-order valence-electron chi connectivity index (χ2n) is 4.38. The fraction of sp³-hybridized carbons (Fsp3) is 0.133. The van der Waals surface area contributed by atoms with E-state index in [1.165, 1.54) is 50.8 Å². The maximum atomic E-state index is 11.8. The normalized spacial score (nSPS) is 14.3. The molecule has 0 aliphatic heterocycles. The largest absolute Gasteiger partial charge is 0.492 e. The maximum Gasteiger partial charge on any atom is 0.271 e. The fourth-order valence-electron chi connectivity index (χ4n) is 1.81. The van der Waals surface area contributed by atoms with Gasteiger partial charge in [-0.3, -0.25) is 14.9 Å². The van der Waals surface area contributed by atoms with Gasteiger partial charge in [-0.05, 0) is 18.2 Å². The van der Waals surface area contributed by atoms with Gasteiger partial charge in [0.05, 0.1) is 31.0 Å². The Morgan fingerprint density at radius 2 is 1.83 bits per heavy atom. The van der Waals surface area contributed by atoms with Crippen LogP contribution in [0.3, 0.4) is 0 Å². The number of nitrogens with zero attached hydrogens (tertiary/aromatic N) is 3. The zero-order chi connectivity index (χ0) is 16.8. The highest BCUT2D eigenvalue weighted by Crippen LogP contribution is 2.22. The number of Topliss-reactive ketones (excluding diaryl/α,β-unsaturated/α-hetero) is 1. The van der Waals surface area contributed by atoms with Gasteiger partial charge in [-0.25, -0.2) is 0 Å². The van der Waals surface area contributed by atoms with Gasteiger partial charge in [0.25, 0.3) is 11.5 Å². The first-order chi connectivity index (χ1) is 11.0. The first-order valence-electron chi connectivity index (χ1n) is 6.46. The Kier molecular flexibility index (Phi) is 4.98. The molecule has 0 amide bonds. The number of azo groups is 1. The van der Waals surface area contributed by atoms with Crippen LogP contribution in [0.25, 0.3) is 0 Å². The molecule has 0 unspecified atom stereocenters. The van der Waals surface area contributed by atoms with Gasteiger partial charge in [0.1, 0.15) is 0 Å². The molecule has 0 aromatic heterocycles. The number of hydrogen-bond acceptors (Lipinski definition) is 7. The predicted octanol–water partition coefficient (Wildman–Crippen LogP) is 3.21. The van der Waals surface area contributed by atoms with Crippen LogP contribution in [0.15, 0.2) is 69.9 Å². The zero-order valence-corrected chi connectivity index (χ0v) is 12.4. The molecule has 23 heavy (non-hydrogen) atoms. The van der Waals surface area contributed by atoms with Gasteiger partial charge >= 0.3 is 0 Å². The molecule has 0 N–H and O–H groups in total. The van der Waals surface area contributed by atoms with Gasteiger partial charge in [-0.1, -0.05) is 6.07 Å². The molecule has 1 aliphatic rings. The van der Waals surface area contributed by atoms with Crippen molar-refractivity contribution >= 4 is 17.2 Å². The van der Waals surface area contributed by atoms with E-state index in [2.05, 4.69) is 10.2 Å². The third kappa shape index (κ3) is 3.88. The summed E-state index contributed by atoms with van der Waals surface area (Å²) in [7, 11) is 2.76. The molecule has 1 aliphatic carbocycles. The summed E-state index contributed by atoms with van der Waals surface area (Å²) in [5, 5.41) is 18.4. The fourth-order valence-corrected chi connectivity index (χ4v) is 1.81. The minimum atomic E-state index is -0.508. The third-order valence-electron chi connectivity index (χ3n) is 2.90. The van der Waals surface area contributed by atoms with Crippen molar-refractivity contribution in [2.45, 2.75) is 0 Å². The lowest BCUT2D eigenvalue weighted by molar-refractivity contribution is -0.384. The molecular formula is C15H13N3O5. The number of benzene rings is 1. The van der Waals surface area contributed by atoms with E-state index in [9.17, 15) is 14.9 Å². The highest BCUT2D eigenvalue weighted by Gasteiger charge is 2.21. The average molecular weight is 315 g/mol. The summed E-state index contributed by atoms with van der Waals surface area (Å²) in [5.41, 5.74) is 0.822. The van der Waals surface area contributed by atoms with E-state index in [1.54, 1.807) is 6.07 Å². The van der Waals surface area contributed by atoms with E-state index < -0.39 is 4.92 Å². The van der Waals surface area contributed by atoms with Crippen LogP contribution < -0.4 is 0 Å². The first kappa shape index (κ1) is 16.1. The number of methoxy groups -OCH3 is 2. The number of nitro groups is 1. The summed E-state index contributed by atoms with van der Waals surface area (Å²) < 4.78 is 9.95. The minimum absolute atomic E-state index is 0.0690. The van der Waals surface area contributed by atoms with Crippen molar-refractivity contribution in [2.24, 2.45) is 10.2 Å². The Labute approximate surface area is 131 Å². The summed E-state index contributed by atoms with van der Waals surface area (Å²) in [5.74, 6) is -0.106. The lowest BCUT2D eigenvalue weighted by Crippen LogP contribution is -2.13. The molecule has 0 heterocycles. The monoisotopic (exact) mass is 315 g/mol. The van der Waals surface area contributed by atoms with E-state index in [0.717, 1.165) is 0 Å². The number of hydrogen-bond donors (Lipinski definition) is 0. The van der Waals surface area contributed by atoms with Crippen LogP contribution in [0.1, 0.15) is 0 Å². The summed E-state index contributed by atoms with van der Waals surface area (Å²) >= 11 is 0. The van der Waals surface area contributed by atoms with E-state index >= 15 is 0 Å². The Morgan fingerprint density at radius 3 is 2.39 bits per heavy atom. The quantitative estimate of drug-likeness (QED) is 0.471. The number of allylic oxidation sites excluding steroid dienone is 3. The lowest BCUT2D eigenvalue weighted by Gasteiger charge is -2.12. The van der Waals surface area contributed by atoms with E-state index in [-0.39, 0.29) is 23.0 Å². The van der Waals surface area contributed by atoms with E-state index in [0.29, 0.717) is 11.3 Å². The van der Waals surface area contributed by atoms with Crippen LogP contribution in [-0.4, -0.2) is 24.9 Å². The molecule has 118 valence electrons. The van der Waals surface area contributed by atoms with Crippen LogP contribution in [0.2, 0.25) is 0 Å². The molecule has 0 saturated carbocycles. The van der Waals surface area contributed by atoms with Crippen molar-refractivity contribution in [3.63, 3.8) is 0 Å². The van der Waals surface area contributed by atoms with Gasteiger partial charge in [0.2, 0.25) is 0 Å². The molecule has 2 rings (SSSR count). The number of carbonyl (C=O) groups excluding carboxylic acids is 1. The molecule has 8 nitrogen and oxygen atoms in total. The topological polar surface area (TPSA) is 103 Å². The molecule has 0 saturated heterocycles. The summed E-state index contributed by atoms with van der Waals surface area (Å²) in [6, 6.07) is 5.78. The number of rotatable bonds is 5. The summed E-state index contributed by atoms with van der Waals surface area (Å²) in [6.45, 7) is 0. The number of carbonyl (C=O) groups is 1. The lowest BCUT2D eigenvalue weighted by atomic mass is 10.1. The van der Waals surface area contributed by atoms with Crippen molar-refractivity contribution < 1.29 is 19.2 Å². The van der Waals surface area contributed by atoms with Crippen LogP contribution in [-0.2, 0) is 14.3 Å². The van der Waals surface area contributed by atoms with Gasteiger partial charge in [0.15, 0.2) is 11.5 Å². The van der Waals surface area contributed by atoms with Crippen LogP contribution >= 0.6 is 0 Å². The van der Waals surface area contributed by atoms with Gasteiger partial charge < -0.3 is 9.47 Å². The molecule has 0 bridgehead atoms. The standard InChI is InChI=1S/C15H13N3O5/c1-22-13-6-10(7-14(23-2)15(13)19)9-16-17-11-4-3-5-12(8-11)18(20)21/h3-9H,1-2H3. The summed E-state index contributed by atoms with van der Waals surface area (Å²) in [6.07, 6.45) is 4.39. The highest BCUT2D eigenvalue weighted by atomic mass is 16.6. The number of ether oxygens (including phenoxy) is 2. The molecule has 8 heteroatoms. The van der Waals surface area contributed by atoms with E-state index in [4.69, 9.17) is 9.47 Å². The average Bonchev–Trinajstić information content (AvgIpc) is 2.56. The Balaban J connectivity index is 2.23. The highest BCUT2D eigenvalue weighted by molar-refractivity contribution is 6.07. The minimum Gasteiger partial charge on any atom is -0.492 e. The SMILES string of the molecule is COC1=CC(=CN=Nc2cccc([N+](=O)[O-])c2)C=C(OC)C1=O. The number of non-ortho nitro benzene ring substituents is 1. The zero-order valence-electron chi connectivity index (χ0n) is 12.4. The van der Waals surface area contributed by atoms with Crippen molar-refractivity contribution in [2.75, 3.05) is 14.2 Å². The second kappa shape index (κ2) is 7.12. The van der Waals surface area contributed by atoms with Crippen LogP contribution in [0.4, 0.5) is 11.4 Å². The van der Waals surface area contributed by atoms with Crippen LogP contribution in [0.5, 0.6) is 0 Å². The first-order valence-corrected chi connectivity index (χ1v) is 6.46. The molecule has 0 spiro atoms.